The largest absolute Gasteiger partial charge is 0.453 e. The number of hydrogen-bond donors (Lipinski definition) is 3. The summed E-state index contributed by atoms with van der Waals surface area (Å²) in [7, 11) is 3.24. The van der Waals surface area contributed by atoms with Crippen molar-refractivity contribution in [1.29, 1.82) is 0 Å². The minimum Gasteiger partial charge on any atom is -0.453 e. The van der Waals surface area contributed by atoms with Gasteiger partial charge in [0.2, 0.25) is 0 Å². The van der Waals surface area contributed by atoms with Gasteiger partial charge in [-0.15, -0.1) is 0 Å². The van der Waals surface area contributed by atoms with Crippen LogP contribution in [-0.4, -0.2) is 70.0 Å². The van der Waals surface area contributed by atoms with Gasteiger partial charge >= 0.3 is 12.1 Å². The van der Waals surface area contributed by atoms with E-state index in [1.807, 2.05) is 36.2 Å². The van der Waals surface area contributed by atoms with E-state index in [1.165, 1.54) is 7.11 Å². The molecule has 0 aromatic heterocycles. The number of ether oxygens (including phenoxy) is 2. The normalized spacial score (nSPS) is 18.0. The number of alkyl carbamates (subject to hydrolysis) is 1. The Morgan fingerprint density at radius 3 is 2.74 bits per heavy atom. The molecule has 0 bridgehead atoms. The molecular weight excluding hydrogens is 468 g/mol. The molecule has 1 aromatic rings. The lowest BCUT2D eigenvalue weighted by Gasteiger charge is -2.38. The summed E-state index contributed by atoms with van der Waals surface area (Å²) < 4.78 is 10.9. The molecule has 1 saturated heterocycles. The number of methoxy groups -OCH3 is 1. The molecule has 3 amide bonds. The van der Waals surface area contributed by atoms with Crippen molar-refractivity contribution in [1.82, 2.24) is 20.9 Å². The predicted molar refractivity (Wildman–Crippen MR) is 140 cm³/mol. The molecule has 0 aliphatic carbocycles. The maximum Gasteiger partial charge on any atom is 0.406 e. The van der Waals surface area contributed by atoms with Gasteiger partial charge in [0.25, 0.3) is 0 Å². The fourth-order valence-corrected chi connectivity index (χ4v) is 4.74. The number of likely N-dealkylation sites (tertiary alicyclic amines) is 1. The molecule has 2 rings (SSSR count). The Hall–Kier alpha value is -2.03. The van der Waals surface area contributed by atoms with Gasteiger partial charge in [0, 0.05) is 43.2 Å². The van der Waals surface area contributed by atoms with Crippen LogP contribution >= 0.6 is 11.6 Å². The summed E-state index contributed by atoms with van der Waals surface area (Å²) in [6.07, 6.45) is 3.07. The number of hydrogen-bond acceptors (Lipinski definition) is 5. The topological polar surface area (TPSA) is 91.9 Å². The number of urea groups is 1. The Morgan fingerprint density at radius 1 is 1.31 bits per heavy atom. The molecule has 0 spiro atoms. The molecule has 1 aromatic carbocycles. The molecule has 1 aliphatic rings. The summed E-state index contributed by atoms with van der Waals surface area (Å²) >= 11 is 6.27. The second kappa shape index (κ2) is 14.5. The van der Waals surface area contributed by atoms with Crippen LogP contribution < -0.4 is 16.0 Å². The lowest BCUT2D eigenvalue weighted by atomic mass is 9.83. The number of likely N-dealkylation sites (N-methyl/N-ethyl adjacent to an activating group) is 1. The van der Waals surface area contributed by atoms with Crippen LogP contribution in [0.5, 0.6) is 0 Å². The molecule has 198 valence electrons. The molecule has 1 heterocycles. The number of amides is 3. The summed E-state index contributed by atoms with van der Waals surface area (Å²) in [4.78, 5) is 26.5. The van der Waals surface area contributed by atoms with Gasteiger partial charge in [-0.1, -0.05) is 50.9 Å². The number of nitrogens with zero attached hydrogens (tertiary/aromatic N) is 1. The van der Waals surface area contributed by atoms with Crippen LogP contribution in [0.1, 0.15) is 58.1 Å². The van der Waals surface area contributed by atoms with Gasteiger partial charge in [-0.05, 0) is 49.4 Å². The van der Waals surface area contributed by atoms with Crippen LogP contribution in [0.2, 0.25) is 5.02 Å². The quantitative estimate of drug-likeness (QED) is 0.358. The number of carbonyl (C=O) groups is 2. The van der Waals surface area contributed by atoms with Crippen molar-refractivity contribution >= 4 is 23.7 Å². The number of carbonyl (C=O) groups excluding carboxylic acids is 2. The van der Waals surface area contributed by atoms with Gasteiger partial charge < -0.3 is 30.3 Å². The zero-order valence-electron chi connectivity index (χ0n) is 21.9. The Morgan fingerprint density at radius 2 is 2.09 bits per heavy atom. The van der Waals surface area contributed by atoms with Crippen molar-refractivity contribution in [2.24, 2.45) is 11.3 Å². The van der Waals surface area contributed by atoms with Crippen molar-refractivity contribution in [2.45, 2.75) is 58.6 Å². The molecular formula is C26H43ClN4O4. The summed E-state index contributed by atoms with van der Waals surface area (Å²) in [5.41, 5.74) is 1.13. The Kier molecular flexibility index (Phi) is 12.1. The van der Waals surface area contributed by atoms with Crippen molar-refractivity contribution < 1.29 is 19.1 Å². The smallest absolute Gasteiger partial charge is 0.406 e. The average Bonchev–Trinajstić information content (AvgIpc) is 2.83. The molecule has 1 aliphatic heterocycles. The maximum absolute atomic E-state index is 13.2. The summed E-state index contributed by atoms with van der Waals surface area (Å²) in [6.45, 7) is 9.36. The molecule has 3 atom stereocenters. The van der Waals surface area contributed by atoms with Gasteiger partial charge in [-0.2, -0.15) is 0 Å². The summed E-state index contributed by atoms with van der Waals surface area (Å²) in [5.74, 6) is 0.112. The van der Waals surface area contributed by atoms with E-state index in [-0.39, 0.29) is 29.5 Å². The average molecular weight is 511 g/mol. The van der Waals surface area contributed by atoms with Crippen LogP contribution in [0.4, 0.5) is 9.59 Å². The van der Waals surface area contributed by atoms with Crippen molar-refractivity contribution in [3.63, 3.8) is 0 Å². The van der Waals surface area contributed by atoms with Crippen molar-refractivity contribution in [3.05, 3.63) is 34.9 Å². The third-order valence-corrected chi connectivity index (χ3v) is 6.97. The summed E-state index contributed by atoms with van der Waals surface area (Å²) in [6, 6.07) is 7.69. The second-order valence-corrected chi connectivity index (χ2v) is 10.5. The van der Waals surface area contributed by atoms with E-state index in [1.54, 1.807) is 0 Å². The number of nitrogens with one attached hydrogen (secondary N) is 3. The standard InChI is InChI=1S/C26H43ClN4O4/c1-6-26(2,3)16-22(17-28-4)30-24(32)31-13-8-10-20(18-31)23(19-9-7-11-21(27)15-19)35-14-12-29-25(33)34-5/h7,9,11,15,20,22-23,28H,6,8,10,12-14,16-18H2,1-5H3,(H,29,33)(H,30,32)/t20-,22+,23?/m1/s1. The molecule has 1 fully saturated rings. The first-order valence-corrected chi connectivity index (χ1v) is 13.0. The van der Waals surface area contributed by atoms with E-state index in [4.69, 9.17) is 16.3 Å². The first kappa shape index (κ1) is 29.2. The van der Waals surface area contributed by atoms with Crippen LogP contribution in [-0.2, 0) is 9.47 Å². The first-order chi connectivity index (χ1) is 16.7. The van der Waals surface area contributed by atoms with E-state index in [0.717, 1.165) is 44.3 Å². The number of piperidine rings is 1. The SMILES string of the molecule is CCC(C)(C)C[C@@H](CNC)NC(=O)N1CCC[C@@H](C(OCCNC(=O)OC)c2cccc(Cl)c2)C1. The van der Waals surface area contributed by atoms with Gasteiger partial charge in [-0.3, -0.25) is 0 Å². The number of rotatable bonds is 12. The van der Waals surface area contributed by atoms with E-state index >= 15 is 0 Å². The second-order valence-electron chi connectivity index (χ2n) is 10.0. The molecule has 0 radical (unpaired) electrons. The Bertz CT molecular complexity index is 807. The Balaban J connectivity index is 2.08. The monoisotopic (exact) mass is 510 g/mol. The van der Waals surface area contributed by atoms with Gasteiger partial charge in [0.1, 0.15) is 0 Å². The van der Waals surface area contributed by atoms with E-state index in [2.05, 4.69) is 41.5 Å². The molecule has 8 nitrogen and oxygen atoms in total. The highest BCUT2D eigenvalue weighted by atomic mass is 35.5. The lowest BCUT2D eigenvalue weighted by Crippen LogP contribution is -2.52. The third kappa shape index (κ3) is 9.86. The molecule has 0 saturated carbocycles. The third-order valence-electron chi connectivity index (χ3n) is 6.74. The predicted octanol–water partition coefficient (Wildman–Crippen LogP) is 4.59. The fourth-order valence-electron chi connectivity index (χ4n) is 4.54. The van der Waals surface area contributed by atoms with Gasteiger partial charge in [0.05, 0.1) is 19.8 Å². The minimum atomic E-state index is -0.490. The van der Waals surface area contributed by atoms with Crippen LogP contribution in [0, 0.1) is 11.3 Å². The van der Waals surface area contributed by atoms with Crippen molar-refractivity contribution in [3.8, 4) is 0 Å². The highest BCUT2D eigenvalue weighted by molar-refractivity contribution is 6.30. The zero-order valence-corrected chi connectivity index (χ0v) is 22.6. The molecule has 1 unspecified atom stereocenters. The van der Waals surface area contributed by atoms with E-state index < -0.39 is 6.09 Å². The highest BCUT2D eigenvalue weighted by Crippen LogP contribution is 2.34. The van der Waals surface area contributed by atoms with Crippen LogP contribution in [0.25, 0.3) is 0 Å². The first-order valence-electron chi connectivity index (χ1n) is 12.6. The molecule has 9 heteroatoms. The minimum absolute atomic E-state index is 0.0287. The number of halogens is 1. The van der Waals surface area contributed by atoms with E-state index in [0.29, 0.717) is 24.7 Å². The van der Waals surface area contributed by atoms with Gasteiger partial charge in [0.15, 0.2) is 0 Å². The van der Waals surface area contributed by atoms with Gasteiger partial charge in [-0.25, -0.2) is 9.59 Å². The maximum atomic E-state index is 13.2. The van der Waals surface area contributed by atoms with Crippen LogP contribution in [0.15, 0.2) is 24.3 Å². The van der Waals surface area contributed by atoms with Crippen molar-refractivity contribution in [2.75, 3.05) is 46.9 Å². The summed E-state index contributed by atoms with van der Waals surface area (Å²) in [5, 5.41) is 9.76. The Labute approximate surface area is 215 Å². The lowest BCUT2D eigenvalue weighted by molar-refractivity contribution is -0.00867. The molecule has 35 heavy (non-hydrogen) atoms. The fraction of sp³-hybridized carbons (Fsp3) is 0.692. The molecule has 3 N–H and O–H groups in total. The van der Waals surface area contributed by atoms with E-state index in [9.17, 15) is 9.59 Å². The number of benzene rings is 1. The highest BCUT2D eigenvalue weighted by Gasteiger charge is 2.32. The van der Waals surface area contributed by atoms with Crippen LogP contribution in [0.3, 0.4) is 0 Å². The zero-order chi connectivity index (χ0) is 25.8.